The van der Waals surface area contributed by atoms with Gasteiger partial charge in [0.1, 0.15) is 0 Å². The van der Waals surface area contributed by atoms with Crippen LogP contribution in [0.25, 0.3) is 0 Å². The number of amides is 1. The Kier molecular flexibility index (Phi) is 4.26. The quantitative estimate of drug-likeness (QED) is 0.843. The molecule has 0 heterocycles. The van der Waals surface area contributed by atoms with Crippen molar-refractivity contribution in [3.8, 4) is 0 Å². The molecule has 0 unspecified atom stereocenters. The summed E-state index contributed by atoms with van der Waals surface area (Å²) in [6, 6.07) is 3.45. The number of aryl methyl sites for hydroxylation is 1. The lowest BCUT2D eigenvalue weighted by molar-refractivity contribution is -0.116. The molecule has 4 heteroatoms. The summed E-state index contributed by atoms with van der Waals surface area (Å²) in [4.78, 5) is 22.6. The molecule has 92 valence electrons. The van der Waals surface area contributed by atoms with Crippen molar-refractivity contribution in [3.63, 3.8) is 0 Å². The molecule has 0 aromatic heterocycles. The molecule has 0 saturated carbocycles. The first-order valence-electron chi connectivity index (χ1n) is 5.60. The summed E-state index contributed by atoms with van der Waals surface area (Å²) < 4.78 is 0. The summed E-state index contributed by atoms with van der Waals surface area (Å²) in [6.07, 6.45) is 1.21. The Hall–Kier alpha value is -1.84. The Morgan fingerprint density at radius 3 is 2.47 bits per heavy atom. The number of anilines is 1. The molecule has 1 rings (SSSR count). The van der Waals surface area contributed by atoms with E-state index in [0.29, 0.717) is 23.2 Å². The van der Waals surface area contributed by atoms with E-state index in [0.717, 1.165) is 6.42 Å². The number of aromatic carboxylic acids is 1. The van der Waals surface area contributed by atoms with Gasteiger partial charge in [0, 0.05) is 12.1 Å². The van der Waals surface area contributed by atoms with Crippen molar-refractivity contribution >= 4 is 17.6 Å². The minimum Gasteiger partial charge on any atom is -0.478 e. The van der Waals surface area contributed by atoms with Gasteiger partial charge in [0.25, 0.3) is 0 Å². The van der Waals surface area contributed by atoms with Gasteiger partial charge < -0.3 is 10.4 Å². The van der Waals surface area contributed by atoms with E-state index >= 15 is 0 Å². The number of nitrogens with one attached hydrogen (secondary N) is 1. The Balaban J connectivity index is 3.07. The highest BCUT2D eigenvalue weighted by atomic mass is 16.4. The topological polar surface area (TPSA) is 66.4 Å². The largest absolute Gasteiger partial charge is 0.478 e. The summed E-state index contributed by atoms with van der Waals surface area (Å²) >= 11 is 0. The molecule has 0 atom stereocenters. The van der Waals surface area contributed by atoms with Gasteiger partial charge in [-0.1, -0.05) is 13.0 Å². The first-order chi connectivity index (χ1) is 7.97. The van der Waals surface area contributed by atoms with Gasteiger partial charge in [-0.25, -0.2) is 4.79 Å². The van der Waals surface area contributed by atoms with Crippen LogP contribution in [0.1, 0.15) is 41.3 Å². The molecule has 0 aliphatic carbocycles. The third-order valence-electron chi connectivity index (χ3n) is 2.64. The number of carbonyl (C=O) groups is 2. The van der Waals surface area contributed by atoms with Crippen LogP contribution in [0.15, 0.2) is 12.1 Å². The Morgan fingerprint density at radius 2 is 1.94 bits per heavy atom. The second-order valence-electron chi connectivity index (χ2n) is 4.03. The second-order valence-corrected chi connectivity index (χ2v) is 4.03. The number of benzene rings is 1. The van der Waals surface area contributed by atoms with Crippen molar-refractivity contribution < 1.29 is 14.7 Å². The van der Waals surface area contributed by atoms with E-state index in [9.17, 15) is 9.59 Å². The zero-order chi connectivity index (χ0) is 13.0. The van der Waals surface area contributed by atoms with E-state index in [1.807, 2.05) is 6.92 Å². The maximum absolute atomic E-state index is 11.5. The number of carbonyl (C=O) groups excluding carboxylic acids is 1. The van der Waals surface area contributed by atoms with Gasteiger partial charge in [0.05, 0.1) is 5.56 Å². The van der Waals surface area contributed by atoms with Crippen LogP contribution in [0, 0.1) is 13.8 Å². The minimum absolute atomic E-state index is 0.0872. The molecule has 0 radical (unpaired) electrons. The number of carboxylic acid groups (broad SMARTS) is 1. The zero-order valence-corrected chi connectivity index (χ0v) is 10.3. The van der Waals surface area contributed by atoms with E-state index in [1.54, 1.807) is 26.0 Å². The molecule has 0 fully saturated rings. The van der Waals surface area contributed by atoms with E-state index in [2.05, 4.69) is 5.32 Å². The van der Waals surface area contributed by atoms with Gasteiger partial charge >= 0.3 is 5.97 Å². The summed E-state index contributed by atoms with van der Waals surface area (Å²) in [5.74, 6) is -1.05. The van der Waals surface area contributed by atoms with E-state index < -0.39 is 5.97 Å². The number of carboxylic acids is 1. The minimum atomic E-state index is -0.966. The van der Waals surface area contributed by atoms with Crippen molar-refractivity contribution in [3.05, 3.63) is 28.8 Å². The lowest BCUT2D eigenvalue weighted by atomic mass is 10.0. The number of hydrogen-bond donors (Lipinski definition) is 2. The van der Waals surface area contributed by atoms with Crippen molar-refractivity contribution in [2.24, 2.45) is 0 Å². The van der Waals surface area contributed by atoms with Crippen molar-refractivity contribution in [2.75, 3.05) is 5.32 Å². The molecule has 1 amide bonds. The SMILES string of the molecule is CCCC(=O)Nc1ccc(C)c(C(=O)O)c1C. The molecule has 1 aromatic rings. The Morgan fingerprint density at radius 1 is 1.29 bits per heavy atom. The number of rotatable bonds is 4. The van der Waals surface area contributed by atoms with Crippen LogP contribution in [0.3, 0.4) is 0 Å². The number of hydrogen-bond acceptors (Lipinski definition) is 2. The van der Waals surface area contributed by atoms with Crippen LogP contribution in [-0.4, -0.2) is 17.0 Å². The van der Waals surface area contributed by atoms with Gasteiger partial charge in [0.15, 0.2) is 0 Å². The smallest absolute Gasteiger partial charge is 0.336 e. The predicted molar refractivity (Wildman–Crippen MR) is 66.4 cm³/mol. The molecule has 17 heavy (non-hydrogen) atoms. The molecule has 0 bridgehead atoms. The van der Waals surface area contributed by atoms with E-state index in [1.165, 1.54) is 0 Å². The highest BCUT2D eigenvalue weighted by molar-refractivity contribution is 5.97. The highest BCUT2D eigenvalue weighted by Crippen LogP contribution is 2.22. The lowest BCUT2D eigenvalue weighted by Gasteiger charge is -2.12. The molecular weight excluding hydrogens is 218 g/mol. The van der Waals surface area contributed by atoms with Crippen LogP contribution in [0.4, 0.5) is 5.69 Å². The maximum atomic E-state index is 11.5. The van der Waals surface area contributed by atoms with Crippen molar-refractivity contribution in [1.29, 1.82) is 0 Å². The molecule has 1 aromatic carbocycles. The normalized spacial score (nSPS) is 10.1. The molecular formula is C13H17NO3. The molecule has 0 aliphatic heterocycles. The highest BCUT2D eigenvalue weighted by Gasteiger charge is 2.14. The Bertz CT molecular complexity index is 452. The van der Waals surface area contributed by atoms with Crippen molar-refractivity contribution in [1.82, 2.24) is 0 Å². The second kappa shape index (κ2) is 5.48. The van der Waals surface area contributed by atoms with Crippen LogP contribution < -0.4 is 5.32 Å². The van der Waals surface area contributed by atoms with Gasteiger partial charge in [-0.3, -0.25) is 4.79 Å². The molecule has 2 N–H and O–H groups in total. The lowest BCUT2D eigenvalue weighted by Crippen LogP contribution is -2.13. The maximum Gasteiger partial charge on any atom is 0.336 e. The molecule has 0 saturated heterocycles. The molecule has 4 nitrogen and oxygen atoms in total. The average Bonchev–Trinajstić information content (AvgIpc) is 2.22. The van der Waals surface area contributed by atoms with Crippen LogP contribution in [0.2, 0.25) is 0 Å². The fourth-order valence-corrected chi connectivity index (χ4v) is 1.75. The van der Waals surface area contributed by atoms with Crippen molar-refractivity contribution in [2.45, 2.75) is 33.6 Å². The fraction of sp³-hybridized carbons (Fsp3) is 0.385. The zero-order valence-electron chi connectivity index (χ0n) is 10.3. The van der Waals surface area contributed by atoms with Crippen LogP contribution >= 0.6 is 0 Å². The summed E-state index contributed by atoms with van der Waals surface area (Å²) in [7, 11) is 0. The van der Waals surface area contributed by atoms with E-state index in [4.69, 9.17) is 5.11 Å². The third kappa shape index (κ3) is 3.06. The summed E-state index contributed by atoms with van der Waals surface area (Å²) in [6.45, 7) is 5.37. The molecule has 0 aliphatic rings. The average molecular weight is 235 g/mol. The van der Waals surface area contributed by atoms with Crippen LogP contribution in [-0.2, 0) is 4.79 Å². The fourth-order valence-electron chi connectivity index (χ4n) is 1.75. The van der Waals surface area contributed by atoms with Crippen LogP contribution in [0.5, 0.6) is 0 Å². The van der Waals surface area contributed by atoms with E-state index in [-0.39, 0.29) is 11.5 Å². The van der Waals surface area contributed by atoms with Gasteiger partial charge in [-0.15, -0.1) is 0 Å². The summed E-state index contributed by atoms with van der Waals surface area (Å²) in [5, 5.41) is 11.8. The Labute approximate surface area is 101 Å². The predicted octanol–water partition coefficient (Wildman–Crippen LogP) is 2.74. The third-order valence-corrected chi connectivity index (χ3v) is 2.64. The monoisotopic (exact) mass is 235 g/mol. The van der Waals surface area contributed by atoms with Gasteiger partial charge in [0.2, 0.25) is 5.91 Å². The summed E-state index contributed by atoms with van der Waals surface area (Å²) in [5.41, 5.74) is 2.14. The standard InChI is InChI=1S/C13H17NO3/c1-4-5-11(15)14-10-7-6-8(2)12(9(10)3)13(16)17/h6-7H,4-5H2,1-3H3,(H,14,15)(H,16,17). The first-order valence-corrected chi connectivity index (χ1v) is 5.60. The van der Waals surface area contributed by atoms with Gasteiger partial charge in [-0.05, 0) is 37.5 Å². The first kappa shape index (κ1) is 13.2. The molecule has 0 spiro atoms. The van der Waals surface area contributed by atoms with Gasteiger partial charge in [-0.2, -0.15) is 0 Å².